The lowest BCUT2D eigenvalue weighted by Gasteiger charge is -2.35. The normalized spacial score (nSPS) is 19.8. The number of hydrogen-bond acceptors (Lipinski definition) is 6. The first-order chi connectivity index (χ1) is 19.7. The summed E-state index contributed by atoms with van der Waals surface area (Å²) < 4.78 is 33.7. The molecule has 0 spiro atoms. The summed E-state index contributed by atoms with van der Waals surface area (Å²) in [5.41, 5.74) is 3.75. The highest BCUT2D eigenvalue weighted by Gasteiger charge is 2.45. The van der Waals surface area contributed by atoms with Gasteiger partial charge in [-0.25, -0.2) is 17.4 Å². The summed E-state index contributed by atoms with van der Waals surface area (Å²) in [5, 5.41) is 0.551. The molecular formula is C30H31N5O5S. The Morgan fingerprint density at radius 3 is 2.80 bits per heavy atom. The Morgan fingerprint density at radius 1 is 1.22 bits per heavy atom. The molecule has 1 aliphatic heterocycles. The fraction of sp³-hybridized carbons (Fsp3) is 0.300. The number of nitrogens with zero attached hydrogens (tertiary/aromatic N) is 3. The van der Waals surface area contributed by atoms with E-state index in [2.05, 4.69) is 21.5 Å². The standard InChI is InChI=1S/C30H31N5O5S/c1-3-4-5-23-16-21(6-9-30(23,2)41(38,39)35-11-8-20-7-10-31-28(36)27(20)35)22-17-24(26-25(18-22)32-19-33-26)29(37)34-12-14-40-15-13-34/h3,6-8,10-11,16-19H,1,4-5,9,12-15H2,2H3,(H,31,36)(H,32,33). The first kappa shape index (κ1) is 27.0. The third kappa shape index (κ3) is 4.45. The molecule has 212 valence electrons. The molecule has 1 unspecified atom stereocenters. The molecular weight excluding hydrogens is 542 g/mol. The summed E-state index contributed by atoms with van der Waals surface area (Å²) in [7, 11) is -4.05. The highest BCUT2D eigenvalue weighted by atomic mass is 32.2. The second kappa shape index (κ2) is 10.3. The molecule has 41 heavy (non-hydrogen) atoms. The average Bonchev–Trinajstić information content (AvgIpc) is 3.65. The number of hydrogen-bond donors (Lipinski definition) is 2. The van der Waals surface area contributed by atoms with Crippen LogP contribution in [0.5, 0.6) is 0 Å². The summed E-state index contributed by atoms with van der Waals surface area (Å²) in [4.78, 5) is 38.0. The van der Waals surface area contributed by atoms with Gasteiger partial charge in [-0.1, -0.05) is 18.2 Å². The van der Waals surface area contributed by atoms with Crippen molar-refractivity contribution < 1.29 is 17.9 Å². The molecule has 0 bridgehead atoms. The van der Waals surface area contributed by atoms with Crippen molar-refractivity contribution in [1.82, 2.24) is 23.8 Å². The average molecular weight is 574 g/mol. The molecule has 2 N–H and O–H groups in total. The number of aromatic nitrogens is 4. The molecule has 4 heterocycles. The van der Waals surface area contributed by atoms with Gasteiger partial charge in [0.05, 0.1) is 30.6 Å². The van der Waals surface area contributed by atoms with E-state index in [1.807, 2.05) is 24.3 Å². The van der Waals surface area contributed by atoms with E-state index in [9.17, 15) is 18.0 Å². The molecule has 3 aromatic heterocycles. The van der Waals surface area contributed by atoms with Crippen LogP contribution in [0, 0.1) is 0 Å². The number of H-pyrrole nitrogens is 2. The van der Waals surface area contributed by atoms with Crippen molar-refractivity contribution in [2.75, 3.05) is 26.3 Å². The molecule has 0 saturated carbocycles. The second-order valence-electron chi connectivity index (χ2n) is 10.5. The van der Waals surface area contributed by atoms with Crippen LogP contribution in [0.25, 0.3) is 27.5 Å². The van der Waals surface area contributed by atoms with Crippen LogP contribution in [-0.2, 0) is 14.8 Å². The quantitative estimate of drug-likeness (QED) is 0.322. The molecule has 1 atom stereocenters. The largest absolute Gasteiger partial charge is 0.378 e. The molecule has 1 fully saturated rings. The van der Waals surface area contributed by atoms with Crippen molar-refractivity contribution in [3.05, 3.63) is 94.8 Å². The number of nitrogens with one attached hydrogen (secondary N) is 2. The summed E-state index contributed by atoms with van der Waals surface area (Å²) in [6, 6.07) is 7.09. The van der Waals surface area contributed by atoms with Gasteiger partial charge in [-0.3, -0.25) is 9.59 Å². The Bertz CT molecular complexity index is 1910. The lowest BCUT2D eigenvalue weighted by Crippen LogP contribution is -2.42. The zero-order chi connectivity index (χ0) is 28.8. The molecule has 2 aliphatic rings. The highest BCUT2D eigenvalue weighted by Crippen LogP contribution is 2.42. The first-order valence-corrected chi connectivity index (χ1v) is 15.0. The number of ether oxygens (including phenoxy) is 1. The van der Waals surface area contributed by atoms with Gasteiger partial charge in [0.1, 0.15) is 15.8 Å². The monoisotopic (exact) mass is 573 g/mol. The number of imidazole rings is 1. The topological polar surface area (TPSA) is 130 Å². The van der Waals surface area contributed by atoms with Crippen molar-refractivity contribution in [2.24, 2.45) is 0 Å². The molecule has 0 radical (unpaired) electrons. The van der Waals surface area contributed by atoms with Crippen LogP contribution in [0.2, 0.25) is 0 Å². The maximum atomic E-state index is 14.3. The van der Waals surface area contributed by atoms with Crippen molar-refractivity contribution in [3.63, 3.8) is 0 Å². The fourth-order valence-corrected chi connectivity index (χ4v) is 7.58. The van der Waals surface area contributed by atoms with E-state index in [-0.39, 0.29) is 17.8 Å². The number of pyridine rings is 1. The number of rotatable bonds is 7. The molecule has 1 saturated heterocycles. The molecule has 1 aliphatic carbocycles. The number of carbonyl (C=O) groups is 1. The zero-order valence-electron chi connectivity index (χ0n) is 22.7. The fourth-order valence-electron chi connectivity index (χ4n) is 5.71. The van der Waals surface area contributed by atoms with Gasteiger partial charge in [0.25, 0.3) is 11.5 Å². The van der Waals surface area contributed by atoms with Gasteiger partial charge in [0.2, 0.25) is 10.0 Å². The number of aromatic amines is 2. The van der Waals surface area contributed by atoms with E-state index < -0.39 is 20.3 Å². The van der Waals surface area contributed by atoms with Crippen LogP contribution in [-0.4, -0.2) is 69.2 Å². The summed E-state index contributed by atoms with van der Waals surface area (Å²) in [5.74, 6) is -0.114. The Balaban J connectivity index is 1.43. The van der Waals surface area contributed by atoms with Gasteiger partial charge in [0.15, 0.2) is 0 Å². The van der Waals surface area contributed by atoms with Crippen LogP contribution in [0.3, 0.4) is 0 Å². The third-order valence-electron chi connectivity index (χ3n) is 8.13. The minimum Gasteiger partial charge on any atom is -0.378 e. The summed E-state index contributed by atoms with van der Waals surface area (Å²) >= 11 is 0. The molecule has 1 aromatic carbocycles. The molecule has 11 heteroatoms. The maximum Gasteiger partial charge on any atom is 0.273 e. The van der Waals surface area contributed by atoms with Crippen molar-refractivity contribution in [3.8, 4) is 0 Å². The van der Waals surface area contributed by atoms with Crippen molar-refractivity contribution >= 4 is 43.4 Å². The zero-order valence-corrected chi connectivity index (χ0v) is 23.5. The van der Waals surface area contributed by atoms with E-state index in [4.69, 9.17) is 4.74 Å². The lowest BCUT2D eigenvalue weighted by molar-refractivity contribution is 0.0304. The number of carbonyl (C=O) groups excluding carboxylic acids is 1. The Morgan fingerprint density at radius 2 is 2.02 bits per heavy atom. The van der Waals surface area contributed by atoms with Gasteiger partial charge in [-0.2, -0.15) is 0 Å². The van der Waals surface area contributed by atoms with Crippen LogP contribution in [0.15, 0.2) is 78.2 Å². The minimum atomic E-state index is -4.05. The van der Waals surface area contributed by atoms with Crippen LogP contribution in [0.1, 0.15) is 42.1 Å². The Kier molecular flexibility index (Phi) is 6.79. The minimum absolute atomic E-state index is 0.0996. The molecule has 10 nitrogen and oxygen atoms in total. The lowest BCUT2D eigenvalue weighted by atomic mass is 9.84. The molecule has 6 rings (SSSR count). The maximum absolute atomic E-state index is 14.3. The van der Waals surface area contributed by atoms with Gasteiger partial charge >= 0.3 is 0 Å². The Labute approximate surface area is 237 Å². The summed E-state index contributed by atoms with van der Waals surface area (Å²) in [6.45, 7) is 7.54. The van der Waals surface area contributed by atoms with Crippen LogP contribution in [0.4, 0.5) is 0 Å². The van der Waals surface area contributed by atoms with E-state index in [0.717, 1.165) is 20.6 Å². The first-order valence-electron chi connectivity index (χ1n) is 13.5. The number of fused-ring (bicyclic) bond motifs is 2. The number of amides is 1. The van der Waals surface area contributed by atoms with Gasteiger partial charge < -0.3 is 19.6 Å². The summed E-state index contributed by atoms with van der Waals surface area (Å²) in [6.07, 6.45) is 11.3. The molecule has 4 aromatic rings. The highest BCUT2D eigenvalue weighted by molar-refractivity contribution is 7.91. The van der Waals surface area contributed by atoms with Gasteiger partial charge in [-0.05, 0) is 67.2 Å². The second-order valence-corrected chi connectivity index (χ2v) is 12.8. The van der Waals surface area contributed by atoms with Crippen molar-refractivity contribution in [1.29, 1.82) is 0 Å². The smallest absolute Gasteiger partial charge is 0.273 e. The predicted molar refractivity (Wildman–Crippen MR) is 158 cm³/mol. The van der Waals surface area contributed by atoms with Gasteiger partial charge in [0, 0.05) is 30.9 Å². The SMILES string of the molecule is C=CCCC1=CC(c2cc(C(=O)N3CCOCC3)c3nc[nH]c3c2)=CCC1(C)S(=O)(=O)n1ccc2cc[nH]c(=O)c21. The third-order valence-corrected chi connectivity index (χ3v) is 10.5. The van der Waals surface area contributed by atoms with E-state index in [1.54, 1.807) is 36.4 Å². The van der Waals surface area contributed by atoms with Crippen molar-refractivity contribution in [2.45, 2.75) is 30.9 Å². The predicted octanol–water partition coefficient (Wildman–Crippen LogP) is 3.99. The van der Waals surface area contributed by atoms with E-state index >= 15 is 0 Å². The van der Waals surface area contributed by atoms with Gasteiger partial charge in [-0.15, -0.1) is 6.58 Å². The number of benzene rings is 1. The van der Waals surface area contributed by atoms with E-state index in [1.165, 1.54) is 12.4 Å². The Hall–Kier alpha value is -4.22. The number of allylic oxidation sites excluding steroid dienone is 4. The van der Waals surface area contributed by atoms with E-state index in [0.29, 0.717) is 61.2 Å². The molecule has 1 amide bonds. The number of morpholine rings is 1. The van der Waals surface area contributed by atoms with Crippen LogP contribution < -0.4 is 5.56 Å². The van der Waals surface area contributed by atoms with Crippen LogP contribution >= 0.6 is 0 Å².